The molecule has 1 fully saturated rings. The van der Waals surface area contributed by atoms with Crippen LogP contribution in [0.5, 0.6) is 0 Å². The number of nitrogens with zero attached hydrogens (tertiary/aromatic N) is 3. The first-order chi connectivity index (χ1) is 11.3. The van der Waals surface area contributed by atoms with E-state index in [9.17, 15) is 0 Å². The van der Waals surface area contributed by atoms with Crippen LogP contribution < -0.4 is 4.90 Å². The van der Waals surface area contributed by atoms with Gasteiger partial charge in [0, 0.05) is 60.6 Å². The number of furan rings is 1. The topological polar surface area (TPSA) is 32.5 Å². The predicted molar refractivity (Wildman–Crippen MR) is 93.0 cm³/mol. The number of halogens is 1. The largest absolute Gasteiger partial charge is 0.446 e. The van der Waals surface area contributed by atoms with Gasteiger partial charge in [-0.3, -0.25) is 4.90 Å². The highest BCUT2D eigenvalue weighted by Gasteiger charge is 2.18. The Morgan fingerprint density at radius 3 is 2.61 bits per heavy atom. The SMILES string of the molecule is Clc1ccc(N2CCN(Cc3coc4ncccc34)CC2)cc1. The fourth-order valence-electron chi connectivity index (χ4n) is 3.10. The average Bonchev–Trinajstić information content (AvgIpc) is 3.00. The molecule has 1 saturated heterocycles. The summed E-state index contributed by atoms with van der Waals surface area (Å²) in [7, 11) is 0. The fraction of sp³-hybridized carbons (Fsp3) is 0.278. The lowest BCUT2D eigenvalue weighted by Gasteiger charge is -2.36. The molecule has 0 saturated carbocycles. The van der Waals surface area contributed by atoms with Crippen LogP contribution in [-0.4, -0.2) is 36.1 Å². The molecule has 4 nitrogen and oxygen atoms in total. The van der Waals surface area contributed by atoms with Crippen molar-refractivity contribution in [3.05, 3.63) is 59.4 Å². The predicted octanol–water partition coefficient (Wildman–Crippen LogP) is 3.80. The van der Waals surface area contributed by atoms with Crippen LogP contribution in [-0.2, 0) is 6.54 Å². The Balaban J connectivity index is 1.41. The molecule has 0 aliphatic carbocycles. The van der Waals surface area contributed by atoms with Crippen molar-refractivity contribution < 1.29 is 4.42 Å². The Kier molecular flexibility index (Phi) is 3.93. The molecule has 0 radical (unpaired) electrons. The van der Waals surface area contributed by atoms with E-state index in [4.69, 9.17) is 16.0 Å². The number of pyridine rings is 1. The number of fused-ring (bicyclic) bond motifs is 1. The molecule has 1 aliphatic rings. The maximum absolute atomic E-state index is 5.96. The number of piperazine rings is 1. The molecule has 0 unspecified atom stereocenters. The van der Waals surface area contributed by atoms with Crippen LogP contribution in [0.1, 0.15) is 5.56 Å². The second-order valence-electron chi connectivity index (χ2n) is 5.86. The minimum absolute atomic E-state index is 0.724. The van der Waals surface area contributed by atoms with Crippen molar-refractivity contribution >= 4 is 28.4 Å². The quantitative estimate of drug-likeness (QED) is 0.732. The van der Waals surface area contributed by atoms with Crippen molar-refractivity contribution in [2.24, 2.45) is 0 Å². The van der Waals surface area contributed by atoms with E-state index in [1.807, 2.05) is 24.5 Å². The molecule has 1 aliphatic heterocycles. The van der Waals surface area contributed by atoms with Crippen molar-refractivity contribution in [2.75, 3.05) is 31.1 Å². The van der Waals surface area contributed by atoms with E-state index in [2.05, 4.69) is 33.0 Å². The molecule has 5 heteroatoms. The van der Waals surface area contributed by atoms with E-state index in [1.165, 1.54) is 11.3 Å². The first-order valence-corrected chi connectivity index (χ1v) is 8.21. The second-order valence-corrected chi connectivity index (χ2v) is 6.29. The molecule has 4 rings (SSSR count). The van der Waals surface area contributed by atoms with E-state index >= 15 is 0 Å². The lowest BCUT2D eigenvalue weighted by atomic mass is 10.2. The number of aromatic nitrogens is 1. The average molecular weight is 328 g/mol. The maximum Gasteiger partial charge on any atom is 0.226 e. The monoisotopic (exact) mass is 327 g/mol. The number of anilines is 1. The van der Waals surface area contributed by atoms with Gasteiger partial charge in [-0.1, -0.05) is 11.6 Å². The molecular weight excluding hydrogens is 310 g/mol. The molecule has 118 valence electrons. The Labute approximate surface area is 140 Å². The summed E-state index contributed by atoms with van der Waals surface area (Å²) in [5.74, 6) is 0. The van der Waals surface area contributed by atoms with Gasteiger partial charge in [0.05, 0.1) is 6.26 Å². The summed E-state index contributed by atoms with van der Waals surface area (Å²) < 4.78 is 5.53. The highest BCUT2D eigenvalue weighted by Crippen LogP contribution is 2.23. The van der Waals surface area contributed by atoms with Gasteiger partial charge in [0.25, 0.3) is 0 Å². The molecular formula is C18H18ClN3O. The van der Waals surface area contributed by atoms with E-state index < -0.39 is 0 Å². The summed E-state index contributed by atoms with van der Waals surface area (Å²) in [4.78, 5) is 9.12. The summed E-state index contributed by atoms with van der Waals surface area (Å²) in [6.07, 6.45) is 3.60. The summed E-state index contributed by atoms with van der Waals surface area (Å²) in [5.41, 5.74) is 3.18. The molecule has 0 bridgehead atoms. The normalized spacial score (nSPS) is 16.1. The number of hydrogen-bond acceptors (Lipinski definition) is 4. The van der Waals surface area contributed by atoms with Gasteiger partial charge in [-0.05, 0) is 36.4 Å². The smallest absolute Gasteiger partial charge is 0.226 e. The minimum atomic E-state index is 0.724. The van der Waals surface area contributed by atoms with E-state index in [-0.39, 0.29) is 0 Å². The molecule has 3 aromatic rings. The first-order valence-electron chi connectivity index (χ1n) is 7.83. The van der Waals surface area contributed by atoms with Crippen LogP contribution in [0.25, 0.3) is 11.1 Å². The van der Waals surface area contributed by atoms with Gasteiger partial charge in [0.1, 0.15) is 0 Å². The van der Waals surface area contributed by atoms with Crippen molar-refractivity contribution in [2.45, 2.75) is 6.54 Å². The van der Waals surface area contributed by atoms with Gasteiger partial charge < -0.3 is 9.32 Å². The number of hydrogen-bond donors (Lipinski definition) is 0. The summed E-state index contributed by atoms with van der Waals surface area (Å²) in [6.45, 7) is 5.03. The molecule has 23 heavy (non-hydrogen) atoms. The van der Waals surface area contributed by atoms with Crippen molar-refractivity contribution in [3.63, 3.8) is 0 Å². The third-order valence-corrected chi connectivity index (χ3v) is 4.64. The summed E-state index contributed by atoms with van der Waals surface area (Å²) >= 11 is 5.96. The van der Waals surface area contributed by atoms with Crippen LogP contribution in [0, 0.1) is 0 Å². The maximum atomic E-state index is 5.96. The van der Waals surface area contributed by atoms with Crippen LogP contribution in [0.2, 0.25) is 5.02 Å². The highest BCUT2D eigenvalue weighted by atomic mass is 35.5. The number of benzene rings is 1. The van der Waals surface area contributed by atoms with E-state index in [0.29, 0.717) is 0 Å². The van der Waals surface area contributed by atoms with Crippen LogP contribution in [0.15, 0.2) is 53.3 Å². The fourth-order valence-corrected chi connectivity index (χ4v) is 3.22. The third kappa shape index (κ3) is 3.05. The zero-order valence-corrected chi connectivity index (χ0v) is 13.5. The van der Waals surface area contributed by atoms with Crippen LogP contribution in [0.3, 0.4) is 0 Å². The molecule has 0 atom stereocenters. The zero-order valence-electron chi connectivity index (χ0n) is 12.8. The number of rotatable bonds is 3. The third-order valence-electron chi connectivity index (χ3n) is 4.39. The molecule has 0 N–H and O–H groups in total. The Bertz CT molecular complexity index is 791. The van der Waals surface area contributed by atoms with Gasteiger partial charge in [-0.15, -0.1) is 0 Å². The molecule has 3 heterocycles. The molecule has 0 amide bonds. The lowest BCUT2D eigenvalue weighted by molar-refractivity contribution is 0.250. The second kappa shape index (κ2) is 6.22. The van der Waals surface area contributed by atoms with E-state index in [0.717, 1.165) is 48.8 Å². The van der Waals surface area contributed by atoms with Gasteiger partial charge in [0.15, 0.2) is 0 Å². The van der Waals surface area contributed by atoms with Gasteiger partial charge in [-0.2, -0.15) is 0 Å². The van der Waals surface area contributed by atoms with Crippen LogP contribution in [0.4, 0.5) is 5.69 Å². The first kappa shape index (κ1) is 14.5. The molecule has 2 aromatic heterocycles. The summed E-state index contributed by atoms with van der Waals surface area (Å²) in [6, 6.07) is 12.1. The van der Waals surface area contributed by atoms with Crippen molar-refractivity contribution in [1.29, 1.82) is 0 Å². The Morgan fingerprint density at radius 2 is 1.83 bits per heavy atom. The van der Waals surface area contributed by atoms with Gasteiger partial charge >= 0.3 is 0 Å². The summed E-state index contributed by atoms with van der Waals surface area (Å²) in [5, 5.41) is 1.90. The zero-order chi connectivity index (χ0) is 15.6. The standard InChI is InChI=1S/C18H18ClN3O/c19-15-3-5-16(6-4-15)22-10-8-21(9-11-22)12-14-13-23-18-17(14)2-1-7-20-18/h1-7,13H,8-12H2. The highest BCUT2D eigenvalue weighted by molar-refractivity contribution is 6.30. The Hall–Kier alpha value is -2.04. The van der Waals surface area contributed by atoms with Gasteiger partial charge in [-0.25, -0.2) is 4.98 Å². The van der Waals surface area contributed by atoms with Crippen molar-refractivity contribution in [1.82, 2.24) is 9.88 Å². The molecule has 1 aromatic carbocycles. The minimum Gasteiger partial charge on any atom is -0.446 e. The van der Waals surface area contributed by atoms with Crippen molar-refractivity contribution in [3.8, 4) is 0 Å². The Morgan fingerprint density at radius 1 is 1.04 bits per heavy atom. The molecule has 0 spiro atoms. The lowest BCUT2D eigenvalue weighted by Crippen LogP contribution is -2.45. The van der Waals surface area contributed by atoms with Gasteiger partial charge in [0.2, 0.25) is 5.71 Å². The van der Waals surface area contributed by atoms with Crippen LogP contribution >= 0.6 is 11.6 Å². The van der Waals surface area contributed by atoms with E-state index in [1.54, 1.807) is 6.20 Å².